The highest BCUT2D eigenvalue weighted by Gasteiger charge is 2.32. The molecule has 0 N–H and O–H groups in total. The van der Waals surface area contributed by atoms with Gasteiger partial charge in [-0.15, -0.1) is 0 Å². The molecule has 3 rings (SSSR count). The third-order valence-electron chi connectivity index (χ3n) is 3.66. The maximum atomic E-state index is 12.9. The molecule has 0 aliphatic heterocycles. The SMILES string of the molecule is CN(C=S)C(=O)c1c(-c2nccn2C)[n+](=O)c2ccccc2n1[O-]. The van der Waals surface area contributed by atoms with Crippen LogP contribution in [0.3, 0.4) is 0 Å². The van der Waals surface area contributed by atoms with Crippen LogP contribution >= 0.6 is 12.2 Å². The monoisotopic (exact) mass is 343 g/mol. The van der Waals surface area contributed by atoms with E-state index in [2.05, 4.69) is 4.98 Å². The summed E-state index contributed by atoms with van der Waals surface area (Å²) in [5, 5.41) is 12.8. The molecule has 0 saturated heterocycles. The van der Waals surface area contributed by atoms with Gasteiger partial charge in [-0.1, -0.05) is 24.4 Å². The average molecular weight is 343 g/mol. The summed E-state index contributed by atoms with van der Waals surface area (Å²) in [7, 11) is 3.09. The summed E-state index contributed by atoms with van der Waals surface area (Å²) in [6.45, 7) is 0. The molecule has 1 aromatic carbocycles. The highest BCUT2D eigenvalue weighted by atomic mass is 32.1. The van der Waals surface area contributed by atoms with Crippen molar-refractivity contribution < 1.29 is 9.22 Å². The zero-order valence-electron chi connectivity index (χ0n) is 12.9. The number of rotatable bonds is 3. The first-order valence-corrected chi connectivity index (χ1v) is 7.42. The van der Waals surface area contributed by atoms with Crippen molar-refractivity contribution in [2.75, 3.05) is 7.05 Å². The van der Waals surface area contributed by atoms with E-state index in [1.165, 1.54) is 25.4 Å². The molecule has 8 nitrogen and oxygen atoms in total. The lowest BCUT2D eigenvalue weighted by atomic mass is 10.2. The van der Waals surface area contributed by atoms with Crippen LogP contribution in [-0.4, -0.2) is 37.6 Å². The Labute approximate surface area is 141 Å². The van der Waals surface area contributed by atoms with Crippen molar-refractivity contribution >= 4 is 34.6 Å². The topological polar surface area (TPSA) is 89.1 Å². The molecule has 2 heterocycles. The summed E-state index contributed by atoms with van der Waals surface area (Å²) < 4.78 is 2.56. The lowest BCUT2D eigenvalue weighted by Crippen LogP contribution is -2.34. The van der Waals surface area contributed by atoms with Crippen molar-refractivity contribution in [3.05, 3.63) is 52.5 Å². The van der Waals surface area contributed by atoms with Crippen LogP contribution in [0.25, 0.3) is 22.6 Å². The molecule has 0 bridgehead atoms. The van der Waals surface area contributed by atoms with Crippen molar-refractivity contribution in [2.24, 2.45) is 7.05 Å². The first-order chi connectivity index (χ1) is 11.5. The Morgan fingerprint density at radius 2 is 2.12 bits per heavy atom. The maximum Gasteiger partial charge on any atom is 0.334 e. The minimum atomic E-state index is -0.687. The maximum absolute atomic E-state index is 12.9. The van der Waals surface area contributed by atoms with Gasteiger partial charge < -0.3 is 19.4 Å². The second-order valence-corrected chi connectivity index (χ2v) is 5.37. The van der Waals surface area contributed by atoms with E-state index >= 15 is 0 Å². The predicted molar refractivity (Wildman–Crippen MR) is 92.0 cm³/mol. The molecule has 1 amide bonds. The number of thiocarbonyl (C=S) groups is 1. The van der Waals surface area contributed by atoms with Gasteiger partial charge in [0.15, 0.2) is 5.69 Å². The number of imidazole rings is 1. The van der Waals surface area contributed by atoms with Gasteiger partial charge in [-0.05, 0) is 6.07 Å². The van der Waals surface area contributed by atoms with Gasteiger partial charge in [0.25, 0.3) is 11.4 Å². The first kappa shape index (κ1) is 15.8. The number of carbonyl (C=O) groups is 1. The van der Waals surface area contributed by atoms with Gasteiger partial charge in [-0.2, -0.15) is 0 Å². The third kappa shape index (κ3) is 2.26. The van der Waals surface area contributed by atoms with Crippen molar-refractivity contribution in [3.63, 3.8) is 0 Å². The number of benzene rings is 1. The van der Waals surface area contributed by atoms with E-state index in [1.54, 1.807) is 29.9 Å². The molecule has 0 aliphatic carbocycles. The number of amides is 1. The summed E-state index contributed by atoms with van der Waals surface area (Å²) in [4.78, 5) is 30.7. The normalized spacial score (nSPS) is 10.8. The summed E-state index contributed by atoms with van der Waals surface area (Å²) in [6, 6.07) is 6.26. The Hall–Kier alpha value is -3.07. The molecule has 122 valence electrons. The van der Waals surface area contributed by atoms with Gasteiger partial charge in [-0.3, -0.25) is 4.79 Å². The van der Waals surface area contributed by atoms with E-state index in [0.29, 0.717) is 9.16 Å². The number of hydrogen-bond acceptors (Lipinski definition) is 5. The Morgan fingerprint density at radius 3 is 2.75 bits per heavy atom. The molecule has 0 radical (unpaired) electrons. The van der Waals surface area contributed by atoms with E-state index < -0.39 is 5.91 Å². The first-order valence-electron chi connectivity index (χ1n) is 6.95. The van der Waals surface area contributed by atoms with Gasteiger partial charge in [-0.25, -0.2) is 4.98 Å². The summed E-state index contributed by atoms with van der Waals surface area (Å²) in [5.74, 6) is -0.477. The quantitative estimate of drug-likeness (QED) is 0.529. The van der Waals surface area contributed by atoms with Gasteiger partial charge in [0.05, 0.1) is 9.92 Å². The van der Waals surface area contributed by atoms with Crippen LogP contribution in [0.1, 0.15) is 10.5 Å². The van der Waals surface area contributed by atoms with Gasteiger partial charge in [0, 0.05) is 37.5 Å². The fourth-order valence-electron chi connectivity index (χ4n) is 2.43. The minimum absolute atomic E-state index is 0.0894. The second kappa shape index (κ2) is 5.85. The molecular weight excluding hydrogens is 330 g/mol. The molecule has 2 aromatic heterocycles. The minimum Gasteiger partial charge on any atom is -0.805 e. The van der Waals surface area contributed by atoms with Crippen LogP contribution < -0.4 is 4.43 Å². The molecule has 0 atom stereocenters. The predicted octanol–water partition coefficient (Wildman–Crippen LogP) is 1.33. The van der Waals surface area contributed by atoms with E-state index in [-0.39, 0.29) is 28.2 Å². The van der Waals surface area contributed by atoms with E-state index in [4.69, 9.17) is 12.2 Å². The highest BCUT2D eigenvalue weighted by Crippen LogP contribution is 2.22. The highest BCUT2D eigenvalue weighted by molar-refractivity contribution is 7.78. The number of carbonyl (C=O) groups excluding carboxylic acids is 1. The summed E-state index contributed by atoms with van der Waals surface area (Å²) in [5.41, 5.74) is 0.889. The van der Waals surface area contributed by atoms with Crippen molar-refractivity contribution in [1.29, 1.82) is 0 Å². The number of nitrogens with zero attached hydrogens (tertiary/aromatic N) is 5. The summed E-state index contributed by atoms with van der Waals surface area (Å²) in [6.07, 6.45) is 3.10. The van der Waals surface area contributed by atoms with Gasteiger partial charge in [0.1, 0.15) is 5.52 Å². The van der Waals surface area contributed by atoms with Gasteiger partial charge >= 0.3 is 5.69 Å². The molecule has 9 heteroatoms. The largest absolute Gasteiger partial charge is 0.805 e. The summed E-state index contributed by atoms with van der Waals surface area (Å²) >= 11 is 4.76. The molecule has 0 spiro atoms. The number of hydrogen-bond donors (Lipinski definition) is 0. The standard InChI is InChI=1S/C15H13N5O3S/c1-17-8-7-16-14(17)12-13(15(21)18(2)9-24)20(23)11-6-4-3-5-10(11)19(12)22/h3-9H,1-2H3. The fraction of sp³-hybridized carbons (Fsp3) is 0.133. The Bertz CT molecular complexity index is 1020. The zero-order chi connectivity index (χ0) is 17.4. The van der Waals surface area contributed by atoms with Crippen molar-refractivity contribution in [3.8, 4) is 11.5 Å². The number of fused-ring (bicyclic) bond motifs is 1. The molecule has 0 saturated carbocycles. The lowest BCUT2D eigenvalue weighted by Gasteiger charge is -2.20. The van der Waals surface area contributed by atoms with Crippen LogP contribution in [0.2, 0.25) is 0 Å². The van der Waals surface area contributed by atoms with Gasteiger partial charge in [0.2, 0.25) is 5.82 Å². The fourth-order valence-corrected chi connectivity index (χ4v) is 2.53. The van der Waals surface area contributed by atoms with Crippen molar-refractivity contribution in [1.82, 2.24) is 19.2 Å². The average Bonchev–Trinajstić information content (AvgIpc) is 3.02. The number of aromatic nitrogens is 4. The second-order valence-electron chi connectivity index (χ2n) is 5.16. The molecule has 24 heavy (non-hydrogen) atoms. The van der Waals surface area contributed by atoms with E-state index in [0.717, 1.165) is 10.4 Å². The number of para-hydroxylation sites is 2. The Morgan fingerprint density at radius 1 is 1.42 bits per heavy atom. The molecule has 0 aliphatic rings. The van der Waals surface area contributed by atoms with Crippen LogP contribution in [-0.2, 0) is 7.05 Å². The van der Waals surface area contributed by atoms with Crippen LogP contribution in [0, 0.1) is 10.1 Å². The van der Waals surface area contributed by atoms with Crippen LogP contribution in [0.5, 0.6) is 0 Å². The molecule has 3 aromatic rings. The number of aryl methyl sites for hydroxylation is 1. The zero-order valence-corrected chi connectivity index (χ0v) is 13.7. The lowest BCUT2D eigenvalue weighted by molar-refractivity contribution is -0.452. The van der Waals surface area contributed by atoms with Crippen molar-refractivity contribution in [2.45, 2.75) is 0 Å². The Balaban J connectivity index is 2.50. The van der Waals surface area contributed by atoms with Crippen LogP contribution in [0.15, 0.2) is 36.7 Å². The smallest absolute Gasteiger partial charge is 0.334 e. The third-order valence-corrected chi connectivity index (χ3v) is 3.98. The van der Waals surface area contributed by atoms with E-state index in [9.17, 15) is 14.9 Å². The molecule has 0 fully saturated rings. The molecule has 0 unspecified atom stereocenters. The van der Waals surface area contributed by atoms with Crippen LogP contribution in [0.4, 0.5) is 0 Å². The Kier molecular flexibility index (Phi) is 3.86. The van der Waals surface area contributed by atoms with E-state index in [1.807, 2.05) is 0 Å². The molecular formula is C15H13N5O3S.